The van der Waals surface area contributed by atoms with Crippen LogP contribution in [0.1, 0.15) is 21.5 Å². The fourth-order valence-electron chi connectivity index (χ4n) is 3.07. The molecule has 1 amide bonds. The number of non-ortho nitro benzene ring substituents is 1. The Morgan fingerprint density at radius 3 is 2.53 bits per heavy atom. The first kappa shape index (κ1) is 21.8. The molecule has 2 aromatic carbocycles. The number of morpholine rings is 1. The van der Waals surface area contributed by atoms with Crippen molar-refractivity contribution in [1.82, 2.24) is 5.32 Å². The highest BCUT2D eigenvalue weighted by molar-refractivity contribution is 6.33. The van der Waals surface area contributed by atoms with Gasteiger partial charge in [0.25, 0.3) is 11.6 Å². The number of benzene rings is 2. The van der Waals surface area contributed by atoms with Gasteiger partial charge in [-0.3, -0.25) is 14.9 Å². The van der Waals surface area contributed by atoms with Gasteiger partial charge in [0.1, 0.15) is 0 Å². The van der Waals surface area contributed by atoms with E-state index in [1.807, 2.05) is 0 Å². The van der Waals surface area contributed by atoms with Crippen molar-refractivity contribution in [3.05, 3.63) is 68.2 Å². The largest absolute Gasteiger partial charge is 0.416 e. The van der Waals surface area contributed by atoms with Gasteiger partial charge in [0, 0.05) is 37.5 Å². The monoisotopic (exact) mass is 443 g/mol. The molecule has 1 heterocycles. The van der Waals surface area contributed by atoms with Crippen LogP contribution in [0.2, 0.25) is 5.02 Å². The number of halogens is 4. The summed E-state index contributed by atoms with van der Waals surface area (Å²) in [5.74, 6) is -0.811. The predicted molar refractivity (Wildman–Crippen MR) is 104 cm³/mol. The van der Waals surface area contributed by atoms with Gasteiger partial charge in [0.2, 0.25) is 0 Å². The number of ether oxygens (including phenoxy) is 1. The third-order valence-corrected chi connectivity index (χ3v) is 4.95. The Kier molecular flexibility index (Phi) is 6.47. The van der Waals surface area contributed by atoms with Crippen LogP contribution < -0.4 is 10.2 Å². The van der Waals surface area contributed by atoms with Crippen LogP contribution in [0, 0.1) is 10.1 Å². The Labute approximate surface area is 174 Å². The number of rotatable bonds is 5. The summed E-state index contributed by atoms with van der Waals surface area (Å²) in [4.78, 5) is 24.3. The Morgan fingerprint density at radius 1 is 1.20 bits per heavy atom. The van der Waals surface area contributed by atoms with Crippen LogP contribution in [0.4, 0.5) is 24.5 Å². The molecular formula is C19H17ClF3N3O4. The molecule has 1 N–H and O–H groups in total. The Balaban J connectivity index is 1.81. The maximum Gasteiger partial charge on any atom is 0.416 e. The van der Waals surface area contributed by atoms with Crippen LogP contribution in [-0.2, 0) is 17.5 Å². The average Bonchev–Trinajstić information content (AvgIpc) is 2.72. The van der Waals surface area contributed by atoms with Gasteiger partial charge in [-0.05, 0) is 23.8 Å². The summed E-state index contributed by atoms with van der Waals surface area (Å²) in [6.07, 6.45) is -4.62. The summed E-state index contributed by atoms with van der Waals surface area (Å²) in [6.45, 7) is 1.42. The predicted octanol–water partition coefficient (Wildman–Crippen LogP) is 4.03. The standard InChI is InChI=1S/C19H17ClF3N3O4/c20-17-4-3-14(26(28)29)9-15(17)18(27)24-11-12-1-2-13(10-16(12)19(21,22)23)25-5-7-30-8-6-25/h1-4,9-10H,5-8,11H2,(H,24,27). The van der Waals surface area contributed by atoms with Crippen LogP contribution in [0.3, 0.4) is 0 Å². The Hall–Kier alpha value is -2.85. The van der Waals surface area contributed by atoms with Crippen LogP contribution in [0.5, 0.6) is 0 Å². The van der Waals surface area contributed by atoms with Crippen molar-refractivity contribution in [3.8, 4) is 0 Å². The number of anilines is 1. The zero-order valence-electron chi connectivity index (χ0n) is 15.5. The first-order chi connectivity index (χ1) is 14.2. The van der Waals surface area contributed by atoms with Gasteiger partial charge in [0.15, 0.2) is 0 Å². The normalized spacial score (nSPS) is 14.5. The van der Waals surface area contributed by atoms with E-state index in [4.69, 9.17) is 16.3 Å². The van der Waals surface area contributed by atoms with E-state index in [1.54, 1.807) is 11.0 Å². The molecule has 2 aromatic rings. The summed E-state index contributed by atoms with van der Waals surface area (Å²) in [6, 6.07) is 7.21. The SMILES string of the molecule is O=C(NCc1ccc(N2CCOCC2)cc1C(F)(F)F)c1cc([N+](=O)[O-])ccc1Cl. The molecule has 0 unspecified atom stereocenters. The van der Waals surface area contributed by atoms with E-state index < -0.39 is 29.1 Å². The van der Waals surface area contributed by atoms with E-state index in [0.29, 0.717) is 32.0 Å². The van der Waals surface area contributed by atoms with Crippen molar-refractivity contribution in [2.45, 2.75) is 12.7 Å². The molecule has 30 heavy (non-hydrogen) atoms. The molecule has 7 nitrogen and oxygen atoms in total. The van der Waals surface area contributed by atoms with E-state index in [0.717, 1.165) is 18.2 Å². The molecule has 0 aliphatic carbocycles. The third kappa shape index (κ3) is 5.00. The number of hydrogen-bond acceptors (Lipinski definition) is 5. The summed E-state index contributed by atoms with van der Waals surface area (Å²) >= 11 is 5.91. The first-order valence-electron chi connectivity index (χ1n) is 8.92. The zero-order valence-corrected chi connectivity index (χ0v) is 16.3. The molecule has 1 saturated heterocycles. The second-order valence-corrected chi connectivity index (χ2v) is 6.95. The van der Waals surface area contributed by atoms with Crippen LogP contribution in [-0.4, -0.2) is 37.1 Å². The summed E-state index contributed by atoms with van der Waals surface area (Å²) in [5, 5.41) is 13.2. The van der Waals surface area contributed by atoms with E-state index in [2.05, 4.69) is 5.32 Å². The molecule has 0 saturated carbocycles. The first-order valence-corrected chi connectivity index (χ1v) is 9.29. The minimum atomic E-state index is -4.62. The van der Waals surface area contributed by atoms with E-state index in [9.17, 15) is 28.1 Å². The van der Waals surface area contributed by atoms with E-state index in [1.165, 1.54) is 12.1 Å². The lowest BCUT2D eigenvalue weighted by atomic mass is 10.0. The van der Waals surface area contributed by atoms with Gasteiger partial charge in [-0.1, -0.05) is 17.7 Å². The van der Waals surface area contributed by atoms with Crippen molar-refractivity contribution in [2.24, 2.45) is 0 Å². The minimum Gasteiger partial charge on any atom is -0.378 e. The lowest BCUT2D eigenvalue weighted by molar-refractivity contribution is -0.384. The van der Waals surface area contributed by atoms with Gasteiger partial charge in [-0.25, -0.2) is 0 Å². The number of carbonyl (C=O) groups is 1. The van der Waals surface area contributed by atoms with Crippen molar-refractivity contribution >= 4 is 28.9 Å². The Morgan fingerprint density at radius 2 is 1.90 bits per heavy atom. The van der Waals surface area contributed by atoms with Crippen molar-refractivity contribution < 1.29 is 27.6 Å². The van der Waals surface area contributed by atoms with Gasteiger partial charge in [-0.2, -0.15) is 13.2 Å². The molecule has 0 bridgehead atoms. The van der Waals surface area contributed by atoms with Crippen LogP contribution in [0.15, 0.2) is 36.4 Å². The lowest BCUT2D eigenvalue weighted by Gasteiger charge is -2.29. The second-order valence-electron chi connectivity index (χ2n) is 6.54. The summed E-state index contributed by atoms with van der Waals surface area (Å²) in [5.41, 5.74) is -1.12. The fraction of sp³-hybridized carbons (Fsp3) is 0.316. The molecule has 160 valence electrons. The van der Waals surface area contributed by atoms with Crippen LogP contribution in [0.25, 0.3) is 0 Å². The fourth-order valence-corrected chi connectivity index (χ4v) is 3.28. The molecule has 1 aliphatic rings. The highest BCUT2D eigenvalue weighted by Gasteiger charge is 2.34. The van der Waals surface area contributed by atoms with E-state index in [-0.39, 0.29) is 21.8 Å². The van der Waals surface area contributed by atoms with Crippen molar-refractivity contribution in [1.29, 1.82) is 0 Å². The number of carbonyl (C=O) groups excluding carboxylic acids is 1. The van der Waals surface area contributed by atoms with Gasteiger partial charge < -0.3 is 15.0 Å². The topological polar surface area (TPSA) is 84.7 Å². The number of nitrogens with one attached hydrogen (secondary N) is 1. The molecule has 0 aromatic heterocycles. The number of alkyl halides is 3. The molecule has 3 rings (SSSR count). The van der Waals surface area contributed by atoms with E-state index >= 15 is 0 Å². The molecule has 0 radical (unpaired) electrons. The third-order valence-electron chi connectivity index (χ3n) is 4.62. The average molecular weight is 444 g/mol. The van der Waals surface area contributed by atoms with Gasteiger partial charge in [-0.15, -0.1) is 0 Å². The number of hydrogen-bond donors (Lipinski definition) is 1. The smallest absolute Gasteiger partial charge is 0.378 e. The summed E-state index contributed by atoms with van der Waals surface area (Å²) < 4.78 is 46.0. The van der Waals surface area contributed by atoms with Crippen molar-refractivity contribution in [3.63, 3.8) is 0 Å². The molecular weight excluding hydrogens is 427 g/mol. The van der Waals surface area contributed by atoms with Crippen molar-refractivity contribution in [2.75, 3.05) is 31.2 Å². The second kappa shape index (κ2) is 8.88. The number of nitro benzene ring substituents is 1. The van der Waals surface area contributed by atoms with Gasteiger partial charge >= 0.3 is 6.18 Å². The maximum absolute atomic E-state index is 13.6. The molecule has 1 aliphatic heterocycles. The highest BCUT2D eigenvalue weighted by Crippen LogP contribution is 2.35. The molecule has 1 fully saturated rings. The number of nitrogens with zero attached hydrogens (tertiary/aromatic N) is 2. The highest BCUT2D eigenvalue weighted by atomic mass is 35.5. The molecule has 0 spiro atoms. The maximum atomic E-state index is 13.6. The lowest BCUT2D eigenvalue weighted by Crippen LogP contribution is -2.36. The minimum absolute atomic E-state index is 0.0446. The summed E-state index contributed by atoms with van der Waals surface area (Å²) in [7, 11) is 0. The number of nitro groups is 1. The van der Waals surface area contributed by atoms with Gasteiger partial charge in [0.05, 0.1) is 34.3 Å². The Bertz CT molecular complexity index is 963. The quantitative estimate of drug-likeness (QED) is 0.557. The van der Waals surface area contributed by atoms with Crippen LogP contribution >= 0.6 is 11.6 Å². The number of amides is 1. The molecule has 11 heteroatoms. The molecule has 0 atom stereocenters. The zero-order chi connectivity index (χ0) is 21.9.